The van der Waals surface area contributed by atoms with Crippen molar-refractivity contribution in [2.24, 2.45) is 0 Å². The molecule has 0 saturated carbocycles. The van der Waals surface area contributed by atoms with Crippen LogP contribution in [0.3, 0.4) is 0 Å². The summed E-state index contributed by atoms with van der Waals surface area (Å²) in [4.78, 5) is 0. The van der Waals surface area contributed by atoms with Crippen LogP contribution in [0.15, 0.2) is 58.9 Å². The van der Waals surface area contributed by atoms with Gasteiger partial charge in [0.25, 0.3) is 0 Å². The van der Waals surface area contributed by atoms with E-state index in [1.54, 1.807) is 42.5 Å². The zero-order valence-corrected chi connectivity index (χ0v) is 14.7. The zero-order chi connectivity index (χ0) is 16.4. The van der Waals surface area contributed by atoms with Crippen LogP contribution < -0.4 is 0 Å². The lowest BCUT2D eigenvalue weighted by molar-refractivity contribution is -0.358. The number of aromatic nitrogens is 1. The molecule has 0 amide bonds. The Morgan fingerprint density at radius 3 is 2.48 bits per heavy atom. The van der Waals surface area contributed by atoms with Crippen molar-refractivity contribution < 1.29 is 17.5 Å². The largest absolute Gasteiger partial charge is 0.738 e. The third kappa shape index (κ3) is 1.97. The van der Waals surface area contributed by atoms with Gasteiger partial charge < -0.3 is 17.6 Å². The standard InChI is InChI=1S/C15H8BBr2F3N2/c17-13-7-5-11-15(9-3-1-2-4-10(9)19)12-6-8-14(18)23(12)16(20,21)22(11)13/h1-8H. The first-order chi connectivity index (χ1) is 10.9. The van der Waals surface area contributed by atoms with Gasteiger partial charge in [-0.2, -0.15) is 0 Å². The minimum absolute atomic E-state index is 0.248. The van der Waals surface area contributed by atoms with Gasteiger partial charge in [-0.3, -0.25) is 0 Å². The van der Waals surface area contributed by atoms with E-state index in [-0.39, 0.29) is 26.2 Å². The van der Waals surface area contributed by atoms with Gasteiger partial charge in [0, 0.05) is 39.3 Å². The average Bonchev–Trinajstić information content (AvgIpc) is 3.06. The maximum absolute atomic E-state index is 15.0. The second-order valence-electron chi connectivity index (χ2n) is 5.27. The van der Waals surface area contributed by atoms with Crippen LogP contribution in [0.5, 0.6) is 0 Å². The number of hydrogen-bond donors (Lipinski definition) is 0. The summed E-state index contributed by atoms with van der Waals surface area (Å²) in [5.41, 5.74) is 1.29. The molecule has 23 heavy (non-hydrogen) atoms. The van der Waals surface area contributed by atoms with Crippen LogP contribution in [0.1, 0.15) is 11.3 Å². The Hall–Kier alpha value is -1.54. The quantitative estimate of drug-likeness (QED) is 0.561. The van der Waals surface area contributed by atoms with Gasteiger partial charge in [-0.1, -0.05) is 18.2 Å². The van der Waals surface area contributed by atoms with Crippen molar-refractivity contribution in [2.45, 2.75) is 0 Å². The fourth-order valence-corrected chi connectivity index (χ4v) is 4.21. The van der Waals surface area contributed by atoms with Gasteiger partial charge in [-0.15, -0.1) is 0 Å². The Morgan fingerprint density at radius 2 is 1.74 bits per heavy atom. The molecule has 0 fully saturated rings. The lowest BCUT2D eigenvalue weighted by atomic mass is 9.86. The van der Waals surface area contributed by atoms with Gasteiger partial charge in [0.2, 0.25) is 4.62 Å². The summed E-state index contributed by atoms with van der Waals surface area (Å²) in [7, 11) is 0. The summed E-state index contributed by atoms with van der Waals surface area (Å²) in [6.07, 6.45) is 3.12. The highest BCUT2D eigenvalue weighted by atomic mass is 79.9. The summed E-state index contributed by atoms with van der Waals surface area (Å²) in [5.74, 6) is -0.451. The summed E-state index contributed by atoms with van der Waals surface area (Å²) in [6, 6.07) is 9.30. The van der Waals surface area contributed by atoms with E-state index in [0.29, 0.717) is 5.57 Å². The van der Waals surface area contributed by atoms with Crippen LogP contribution >= 0.6 is 31.9 Å². The third-order valence-corrected chi connectivity index (χ3v) is 5.31. The van der Waals surface area contributed by atoms with Crippen molar-refractivity contribution >= 4 is 49.0 Å². The van der Waals surface area contributed by atoms with E-state index in [9.17, 15) is 13.0 Å². The number of nitrogens with zero attached hydrogens (tertiary/aromatic N) is 2. The van der Waals surface area contributed by atoms with Gasteiger partial charge in [-0.05, 0) is 34.1 Å². The molecule has 0 radical (unpaired) electrons. The number of benzene rings is 1. The van der Waals surface area contributed by atoms with Crippen molar-refractivity contribution in [1.82, 2.24) is 4.48 Å². The molecule has 2 aliphatic heterocycles. The fraction of sp³-hybridized carbons (Fsp3) is 0. The predicted octanol–water partition coefficient (Wildman–Crippen LogP) is 4.76. The van der Waals surface area contributed by atoms with Crippen LogP contribution in [0.2, 0.25) is 0 Å². The molecule has 2 aromatic rings. The minimum atomic E-state index is -4.08. The summed E-state index contributed by atoms with van der Waals surface area (Å²) >= 11 is 6.35. The van der Waals surface area contributed by atoms with E-state index in [4.69, 9.17) is 0 Å². The first-order valence-corrected chi connectivity index (χ1v) is 8.40. The Morgan fingerprint density at radius 1 is 1.00 bits per heavy atom. The van der Waals surface area contributed by atoms with Gasteiger partial charge in [0.15, 0.2) is 5.70 Å². The Kier molecular flexibility index (Phi) is 3.25. The van der Waals surface area contributed by atoms with Crippen molar-refractivity contribution in [3.05, 3.63) is 75.9 Å². The molecule has 0 N–H and O–H groups in total. The zero-order valence-electron chi connectivity index (χ0n) is 11.5. The topological polar surface area (TPSA) is 7.94 Å². The smallest absolute Gasteiger partial charge is 0.389 e. The molecule has 0 bridgehead atoms. The number of halogens is 5. The minimum Gasteiger partial charge on any atom is -0.389 e. The maximum Gasteiger partial charge on any atom is 0.738 e. The van der Waals surface area contributed by atoms with Gasteiger partial charge in [0.1, 0.15) is 5.82 Å². The summed E-state index contributed by atoms with van der Waals surface area (Å²) in [6.45, 7) is -4.08. The highest BCUT2D eigenvalue weighted by Gasteiger charge is 2.54. The molecule has 0 spiro atoms. The molecule has 0 saturated heterocycles. The second kappa shape index (κ2) is 4.98. The van der Waals surface area contributed by atoms with Crippen molar-refractivity contribution in [1.29, 1.82) is 0 Å². The Labute approximate surface area is 146 Å². The number of hydrogen-bond acceptors (Lipinski definition) is 0. The molecule has 1 aromatic heterocycles. The first kappa shape index (κ1) is 15.0. The SMILES string of the molecule is Fc1ccccc1C1=C2C=CC(Br)=[N+]2[B-](F)(F)n2c(Br)ccc21. The highest BCUT2D eigenvalue weighted by molar-refractivity contribution is 9.18. The molecule has 0 atom stereocenters. The van der Waals surface area contributed by atoms with Crippen LogP contribution in [-0.4, -0.2) is 20.6 Å². The predicted molar refractivity (Wildman–Crippen MR) is 91.3 cm³/mol. The molecule has 116 valence electrons. The molecule has 0 unspecified atom stereocenters. The number of allylic oxidation sites excluding steroid dienone is 2. The normalized spacial score (nSPS) is 18.5. The molecule has 4 rings (SSSR count). The van der Waals surface area contributed by atoms with E-state index in [1.807, 2.05) is 0 Å². The molecule has 2 aliphatic rings. The molecule has 2 nitrogen and oxygen atoms in total. The lowest BCUT2D eigenvalue weighted by Gasteiger charge is -2.32. The second-order valence-corrected chi connectivity index (χ2v) is 6.89. The fourth-order valence-electron chi connectivity index (χ4n) is 3.07. The Balaban J connectivity index is 2.15. The van der Waals surface area contributed by atoms with E-state index >= 15 is 0 Å². The van der Waals surface area contributed by atoms with Gasteiger partial charge >= 0.3 is 6.97 Å². The molecular weight excluding hydrogens is 436 g/mol. The van der Waals surface area contributed by atoms with Crippen molar-refractivity contribution in [3.63, 3.8) is 0 Å². The molecule has 8 heteroatoms. The highest BCUT2D eigenvalue weighted by Crippen LogP contribution is 2.42. The maximum atomic E-state index is 15.0. The monoisotopic (exact) mass is 442 g/mol. The van der Waals surface area contributed by atoms with Gasteiger partial charge in [0.05, 0.1) is 10.2 Å². The summed E-state index contributed by atoms with van der Waals surface area (Å²) < 4.78 is 46.6. The molecular formula is C15H8BBr2F3N2. The van der Waals surface area contributed by atoms with Crippen molar-refractivity contribution in [3.8, 4) is 0 Å². The van der Waals surface area contributed by atoms with Crippen LogP contribution in [-0.2, 0) is 0 Å². The van der Waals surface area contributed by atoms with Gasteiger partial charge in [-0.25, -0.2) is 4.39 Å². The van der Waals surface area contributed by atoms with E-state index in [0.717, 1.165) is 8.96 Å². The van der Waals surface area contributed by atoms with E-state index in [2.05, 4.69) is 31.9 Å². The molecule has 0 aliphatic carbocycles. The van der Waals surface area contributed by atoms with E-state index < -0.39 is 12.8 Å². The van der Waals surface area contributed by atoms with E-state index in [1.165, 1.54) is 6.07 Å². The number of rotatable bonds is 1. The number of fused-ring (bicyclic) bond motifs is 2. The van der Waals surface area contributed by atoms with Crippen LogP contribution in [0, 0.1) is 5.82 Å². The Bertz CT molecular complexity index is 944. The van der Waals surface area contributed by atoms with Crippen LogP contribution in [0.25, 0.3) is 5.57 Å². The average molecular weight is 444 g/mol. The molecule has 1 aromatic carbocycles. The third-order valence-electron chi connectivity index (χ3n) is 4.01. The van der Waals surface area contributed by atoms with Crippen molar-refractivity contribution in [2.75, 3.05) is 0 Å². The first-order valence-electron chi connectivity index (χ1n) is 6.81. The lowest BCUT2D eigenvalue weighted by Crippen LogP contribution is -2.50. The summed E-state index contributed by atoms with van der Waals surface area (Å²) in [5, 5.41) is 0. The van der Waals surface area contributed by atoms with Crippen LogP contribution in [0.4, 0.5) is 13.0 Å². The molecule has 3 heterocycles.